The Bertz CT molecular complexity index is 224. The van der Waals surface area contributed by atoms with Crippen LogP contribution in [0.2, 0.25) is 0 Å². The van der Waals surface area contributed by atoms with Crippen molar-refractivity contribution in [1.82, 2.24) is 0 Å². The molecule has 14 heavy (non-hydrogen) atoms. The fourth-order valence-electron chi connectivity index (χ4n) is 4.33. The molecule has 0 aromatic heterocycles. The van der Waals surface area contributed by atoms with E-state index < -0.39 is 5.97 Å². The molecule has 4 rings (SSSR count). The Morgan fingerprint density at radius 1 is 0.929 bits per heavy atom. The summed E-state index contributed by atoms with van der Waals surface area (Å²) < 4.78 is 0. The second kappa shape index (κ2) is 4.17. The molecule has 0 radical (unpaired) electrons. The molecule has 0 atom stereocenters. The topological polar surface area (TPSA) is 37.3 Å². The Hall–Kier alpha value is 1.11. The van der Waals surface area contributed by atoms with Crippen LogP contribution in [0.3, 0.4) is 0 Å². The van der Waals surface area contributed by atoms with Gasteiger partial charge in [0.25, 0.3) is 0 Å². The van der Waals surface area contributed by atoms with Gasteiger partial charge in [-0.25, -0.2) is 0 Å². The Balaban J connectivity index is 0.000000750. The Kier molecular flexibility index (Phi) is 3.45. The number of carbonyl (C=O) groups is 1. The molecule has 0 aliphatic heterocycles. The third-order valence-corrected chi connectivity index (χ3v) is 4.51. The number of carboxylic acids is 1. The number of aliphatic carboxylic acids is 1. The summed E-state index contributed by atoms with van der Waals surface area (Å²) in [5.41, 5.74) is 0. The summed E-state index contributed by atoms with van der Waals surface area (Å²) in [5.74, 6) is 2.35. The average molecular weight is 220 g/mol. The van der Waals surface area contributed by atoms with Gasteiger partial charge in [0.15, 0.2) is 0 Å². The van der Waals surface area contributed by atoms with E-state index in [0.717, 1.165) is 11.8 Å². The molecule has 0 heterocycles. The molecule has 0 saturated heterocycles. The molecule has 0 unspecified atom stereocenters. The Morgan fingerprint density at radius 2 is 1.36 bits per heavy atom. The summed E-state index contributed by atoms with van der Waals surface area (Å²) in [6.07, 6.45) is 6.25. The number of rotatable bonds is 1. The summed E-state index contributed by atoms with van der Waals surface area (Å²) in [5, 5.41) is 9.15. The van der Waals surface area contributed by atoms with Crippen LogP contribution in [0.25, 0.3) is 0 Å². The number of hydrogen-bond acceptors (Lipinski definition) is 1. The van der Waals surface area contributed by atoms with Gasteiger partial charge in [-0.3, -0.25) is 4.79 Å². The fraction of sp³-hybridized carbons (Fsp3) is 0.909. The van der Waals surface area contributed by atoms with E-state index in [0.29, 0.717) is 11.8 Å². The maximum atomic E-state index is 11.1. The zero-order valence-corrected chi connectivity index (χ0v) is 7.78. The molecule has 4 aliphatic carbocycles. The van der Waals surface area contributed by atoms with Crippen LogP contribution in [0.4, 0.5) is 0 Å². The van der Waals surface area contributed by atoms with Gasteiger partial charge in [-0.1, -0.05) is 0 Å². The predicted molar refractivity (Wildman–Crippen MR) is 55.3 cm³/mol. The van der Waals surface area contributed by atoms with E-state index in [-0.39, 0.29) is 57.3 Å². The van der Waals surface area contributed by atoms with E-state index in [1.54, 1.807) is 0 Å². The van der Waals surface area contributed by atoms with Gasteiger partial charge >= 0.3 is 57.4 Å². The summed E-state index contributed by atoms with van der Waals surface area (Å²) in [6, 6.07) is 0. The monoisotopic (exact) mass is 220 g/mol. The molecular weight excluding hydrogens is 203 g/mol. The van der Waals surface area contributed by atoms with Crippen molar-refractivity contribution in [3.8, 4) is 0 Å². The van der Waals surface area contributed by atoms with Crippen molar-refractivity contribution in [1.29, 1.82) is 0 Å². The molecule has 3 heteroatoms. The van der Waals surface area contributed by atoms with Crippen molar-refractivity contribution in [2.75, 3.05) is 0 Å². The van der Waals surface area contributed by atoms with Crippen LogP contribution in [-0.4, -0.2) is 62.5 Å². The second-order valence-corrected chi connectivity index (χ2v) is 5.29. The predicted octanol–water partition coefficient (Wildman–Crippen LogP) is 1.49. The molecule has 4 bridgehead atoms. The van der Waals surface area contributed by atoms with Crippen molar-refractivity contribution in [3.05, 3.63) is 0 Å². The van der Waals surface area contributed by atoms with Gasteiger partial charge in [-0.15, -0.1) is 0 Å². The van der Waals surface area contributed by atoms with E-state index in [4.69, 9.17) is 5.11 Å². The third-order valence-electron chi connectivity index (χ3n) is 4.51. The molecule has 0 aromatic carbocycles. The Labute approximate surface area is 127 Å². The van der Waals surface area contributed by atoms with Crippen LogP contribution in [0, 0.1) is 29.6 Å². The zero-order valence-electron chi connectivity index (χ0n) is 7.78. The third kappa shape index (κ3) is 1.75. The van der Waals surface area contributed by atoms with E-state index >= 15 is 0 Å². The summed E-state index contributed by atoms with van der Waals surface area (Å²) in [7, 11) is 0. The number of carboxylic acid groups (broad SMARTS) is 1. The van der Waals surface area contributed by atoms with Crippen LogP contribution >= 0.6 is 0 Å². The normalized spacial score (nSPS) is 48.7. The van der Waals surface area contributed by atoms with Gasteiger partial charge in [0.1, 0.15) is 0 Å². The number of hydrogen-bond donors (Lipinski definition) is 1. The first-order valence-electron chi connectivity index (χ1n) is 5.47. The van der Waals surface area contributed by atoms with Gasteiger partial charge in [0.2, 0.25) is 0 Å². The molecule has 0 spiro atoms. The van der Waals surface area contributed by atoms with Gasteiger partial charge in [-0.05, 0) is 55.8 Å². The molecule has 4 fully saturated rings. The molecule has 1 N–H and O–H groups in total. The van der Waals surface area contributed by atoms with E-state index in [1.807, 2.05) is 0 Å². The molecule has 4 saturated carbocycles. The van der Waals surface area contributed by atoms with E-state index in [2.05, 4.69) is 0 Å². The molecule has 0 amide bonds. The minimum absolute atomic E-state index is 0. The molecule has 2 nitrogen and oxygen atoms in total. The standard InChI is InChI=1S/C11H16O2.K.H/c12-11(13)10-8-2-6-1-7(4-8)5-9(10)3-6;;/h6-10H,1-5H2,(H,12,13);;. The fourth-order valence-corrected chi connectivity index (χ4v) is 4.33. The molecule has 4 aliphatic rings. The van der Waals surface area contributed by atoms with Crippen molar-refractivity contribution in [2.24, 2.45) is 29.6 Å². The first-order valence-corrected chi connectivity index (χ1v) is 5.47. The first kappa shape index (κ1) is 11.6. The SMILES string of the molecule is O=C(O)C1C2CC3CC(C2)CC1C3.[KH]. The van der Waals surface area contributed by atoms with Crippen LogP contribution in [0.15, 0.2) is 0 Å². The van der Waals surface area contributed by atoms with Gasteiger partial charge in [-0.2, -0.15) is 0 Å². The minimum atomic E-state index is -0.520. The molecule has 0 aromatic rings. The first-order chi connectivity index (χ1) is 6.24. The Morgan fingerprint density at radius 3 is 1.71 bits per heavy atom. The van der Waals surface area contributed by atoms with Crippen molar-refractivity contribution in [2.45, 2.75) is 32.1 Å². The molecule has 74 valence electrons. The summed E-state index contributed by atoms with van der Waals surface area (Å²) in [6.45, 7) is 0. The zero-order chi connectivity index (χ0) is 9.00. The van der Waals surface area contributed by atoms with Gasteiger partial charge < -0.3 is 5.11 Å². The van der Waals surface area contributed by atoms with Crippen molar-refractivity contribution < 1.29 is 9.90 Å². The average Bonchev–Trinajstić information content (AvgIpc) is 2.00. The maximum absolute atomic E-state index is 11.1. The summed E-state index contributed by atoms with van der Waals surface area (Å²) >= 11 is 0. The van der Waals surface area contributed by atoms with Gasteiger partial charge in [0.05, 0.1) is 5.92 Å². The molecular formula is C11H17KO2. The van der Waals surface area contributed by atoms with E-state index in [9.17, 15) is 4.79 Å². The van der Waals surface area contributed by atoms with Crippen LogP contribution < -0.4 is 0 Å². The van der Waals surface area contributed by atoms with E-state index in [1.165, 1.54) is 32.1 Å². The summed E-state index contributed by atoms with van der Waals surface area (Å²) in [4.78, 5) is 11.1. The van der Waals surface area contributed by atoms with Crippen molar-refractivity contribution >= 4 is 57.4 Å². The van der Waals surface area contributed by atoms with Crippen molar-refractivity contribution in [3.63, 3.8) is 0 Å². The van der Waals surface area contributed by atoms with Gasteiger partial charge in [0, 0.05) is 0 Å². The quantitative estimate of drug-likeness (QED) is 0.680. The van der Waals surface area contributed by atoms with Crippen LogP contribution in [0.1, 0.15) is 32.1 Å². The second-order valence-electron chi connectivity index (χ2n) is 5.29. The van der Waals surface area contributed by atoms with Crippen LogP contribution in [0.5, 0.6) is 0 Å². The van der Waals surface area contributed by atoms with Crippen LogP contribution in [-0.2, 0) is 4.79 Å².